The van der Waals surface area contributed by atoms with E-state index >= 15 is 0 Å². The van der Waals surface area contributed by atoms with Crippen molar-refractivity contribution in [2.75, 3.05) is 25.5 Å². The topological polar surface area (TPSA) is 58.6 Å². The Kier molecular flexibility index (Phi) is 6.28. The van der Waals surface area contributed by atoms with Gasteiger partial charge in [0.25, 0.3) is 0 Å². The van der Waals surface area contributed by atoms with Gasteiger partial charge in [-0.05, 0) is 43.9 Å². The van der Waals surface area contributed by atoms with Crippen LogP contribution >= 0.6 is 11.6 Å². The number of ether oxygens (including phenoxy) is 1. The Labute approximate surface area is 141 Å². The van der Waals surface area contributed by atoms with Crippen molar-refractivity contribution in [3.63, 3.8) is 0 Å². The molecule has 1 aromatic rings. The first-order chi connectivity index (χ1) is 11.1. The summed E-state index contributed by atoms with van der Waals surface area (Å²) in [7, 11) is 1.33. The summed E-state index contributed by atoms with van der Waals surface area (Å²) in [6.45, 7) is 3.09. The number of hydrogen-bond acceptors (Lipinski definition) is 4. The summed E-state index contributed by atoms with van der Waals surface area (Å²) < 4.78 is 4.70. The first-order valence-electron chi connectivity index (χ1n) is 7.98. The number of halogens is 1. The fourth-order valence-electron chi connectivity index (χ4n) is 2.93. The van der Waals surface area contributed by atoms with Gasteiger partial charge >= 0.3 is 5.97 Å². The number of esters is 1. The Bertz CT molecular complexity index is 577. The highest BCUT2D eigenvalue weighted by Crippen LogP contribution is 2.24. The van der Waals surface area contributed by atoms with Crippen LogP contribution in [-0.4, -0.2) is 43.0 Å². The Balaban J connectivity index is 2.02. The molecular weight excluding hydrogens is 316 g/mol. The van der Waals surface area contributed by atoms with Gasteiger partial charge in [-0.3, -0.25) is 4.79 Å². The Hall–Kier alpha value is -1.75. The number of hydrogen-bond donors (Lipinski definition) is 1. The van der Waals surface area contributed by atoms with E-state index in [1.54, 1.807) is 18.2 Å². The molecule has 126 valence electrons. The number of carbonyl (C=O) groups excluding carboxylic acids is 2. The SMILES string of the molecule is CCC1CCCCN1C(=O)CNc1cc(C(=O)OC)ccc1Cl. The molecule has 1 atom stereocenters. The first kappa shape index (κ1) is 17.6. The quantitative estimate of drug-likeness (QED) is 0.837. The predicted octanol–water partition coefficient (Wildman–Crippen LogP) is 3.33. The minimum absolute atomic E-state index is 0.0658. The molecule has 0 saturated carbocycles. The van der Waals surface area contributed by atoms with Gasteiger partial charge in [-0.2, -0.15) is 0 Å². The number of rotatable bonds is 5. The summed E-state index contributed by atoms with van der Waals surface area (Å²) in [6, 6.07) is 5.15. The van der Waals surface area contributed by atoms with Crippen LogP contribution in [0.15, 0.2) is 18.2 Å². The van der Waals surface area contributed by atoms with Crippen molar-refractivity contribution in [2.45, 2.75) is 38.6 Å². The number of anilines is 1. The second kappa shape index (κ2) is 8.20. The molecule has 0 aromatic heterocycles. The number of likely N-dealkylation sites (tertiary alicyclic amines) is 1. The van der Waals surface area contributed by atoms with Crippen molar-refractivity contribution < 1.29 is 14.3 Å². The maximum atomic E-state index is 12.5. The molecule has 1 heterocycles. The number of methoxy groups -OCH3 is 1. The number of nitrogens with one attached hydrogen (secondary N) is 1. The normalized spacial score (nSPS) is 17.7. The van der Waals surface area contributed by atoms with Crippen molar-refractivity contribution in [1.82, 2.24) is 4.90 Å². The van der Waals surface area contributed by atoms with E-state index in [1.807, 2.05) is 4.90 Å². The van der Waals surface area contributed by atoms with Crippen LogP contribution in [0.4, 0.5) is 5.69 Å². The molecule has 0 spiro atoms. The van der Waals surface area contributed by atoms with E-state index in [1.165, 1.54) is 13.5 Å². The van der Waals surface area contributed by atoms with Gasteiger partial charge < -0.3 is 15.0 Å². The van der Waals surface area contributed by atoms with E-state index in [0.717, 1.165) is 25.8 Å². The molecule has 0 aliphatic carbocycles. The molecule has 1 aliphatic rings. The summed E-state index contributed by atoms with van der Waals surface area (Å²) >= 11 is 6.13. The smallest absolute Gasteiger partial charge is 0.337 e. The van der Waals surface area contributed by atoms with Gasteiger partial charge in [0.2, 0.25) is 5.91 Å². The van der Waals surface area contributed by atoms with Crippen LogP contribution in [0.3, 0.4) is 0 Å². The standard InChI is InChI=1S/C17H23ClN2O3/c1-3-13-6-4-5-9-20(13)16(21)11-19-15-10-12(17(22)23-2)7-8-14(15)18/h7-8,10,13,19H,3-6,9,11H2,1-2H3. The lowest BCUT2D eigenvalue weighted by Gasteiger charge is -2.35. The van der Waals surface area contributed by atoms with Gasteiger partial charge in [0.1, 0.15) is 0 Å². The lowest BCUT2D eigenvalue weighted by Crippen LogP contribution is -2.45. The molecule has 5 nitrogen and oxygen atoms in total. The van der Waals surface area contributed by atoms with E-state index in [0.29, 0.717) is 22.3 Å². The van der Waals surface area contributed by atoms with Crippen molar-refractivity contribution in [3.05, 3.63) is 28.8 Å². The zero-order chi connectivity index (χ0) is 16.8. The maximum absolute atomic E-state index is 12.5. The molecule has 1 saturated heterocycles. The molecule has 1 unspecified atom stereocenters. The summed E-state index contributed by atoms with van der Waals surface area (Å²) in [5, 5.41) is 3.51. The van der Waals surface area contributed by atoms with Crippen molar-refractivity contribution in [3.8, 4) is 0 Å². The highest BCUT2D eigenvalue weighted by Gasteiger charge is 2.25. The van der Waals surface area contributed by atoms with E-state index in [4.69, 9.17) is 16.3 Å². The number of piperidine rings is 1. The largest absolute Gasteiger partial charge is 0.465 e. The van der Waals surface area contributed by atoms with E-state index < -0.39 is 5.97 Å². The average Bonchev–Trinajstić information content (AvgIpc) is 2.59. The molecule has 1 aliphatic heterocycles. The molecule has 6 heteroatoms. The Morgan fingerprint density at radius 1 is 1.39 bits per heavy atom. The molecule has 2 rings (SSSR count). The summed E-state index contributed by atoms with van der Waals surface area (Å²) in [5.74, 6) is -0.366. The van der Waals surface area contributed by atoms with E-state index in [-0.39, 0.29) is 12.5 Å². The van der Waals surface area contributed by atoms with Crippen LogP contribution in [0, 0.1) is 0 Å². The van der Waals surface area contributed by atoms with Gasteiger partial charge in [0.15, 0.2) is 0 Å². The third-order valence-electron chi connectivity index (χ3n) is 4.24. The lowest BCUT2D eigenvalue weighted by molar-refractivity contribution is -0.133. The lowest BCUT2D eigenvalue weighted by atomic mass is 10.00. The van der Waals surface area contributed by atoms with Crippen molar-refractivity contribution in [1.29, 1.82) is 0 Å². The molecule has 23 heavy (non-hydrogen) atoms. The maximum Gasteiger partial charge on any atom is 0.337 e. The molecule has 1 aromatic carbocycles. The monoisotopic (exact) mass is 338 g/mol. The van der Waals surface area contributed by atoms with Gasteiger partial charge in [0.05, 0.1) is 29.9 Å². The van der Waals surface area contributed by atoms with Crippen molar-refractivity contribution in [2.24, 2.45) is 0 Å². The second-order valence-corrected chi connectivity index (χ2v) is 6.09. The van der Waals surface area contributed by atoms with Crippen LogP contribution < -0.4 is 5.32 Å². The Morgan fingerprint density at radius 3 is 2.87 bits per heavy atom. The molecule has 1 fully saturated rings. The molecule has 1 N–H and O–H groups in total. The first-order valence-corrected chi connectivity index (χ1v) is 8.35. The van der Waals surface area contributed by atoms with Crippen LogP contribution in [0.2, 0.25) is 5.02 Å². The van der Waals surface area contributed by atoms with Gasteiger partial charge in [-0.1, -0.05) is 18.5 Å². The van der Waals surface area contributed by atoms with Crippen LogP contribution in [0.25, 0.3) is 0 Å². The summed E-state index contributed by atoms with van der Waals surface area (Å²) in [6.07, 6.45) is 4.29. The summed E-state index contributed by atoms with van der Waals surface area (Å²) in [5.41, 5.74) is 0.962. The molecule has 0 radical (unpaired) electrons. The third-order valence-corrected chi connectivity index (χ3v) is 4.57. The van der Waals surface area contributed by atoms with Crippen LogP contribution in [0.5, 0.6) is 0 Å². The Morgan fingerprint density at radius 2 is 2.17 bits per heavy atom. The zero-order valence-electron chi connectivity index (χ0n) is 13.6. The molecular formula is C17H23ClN2O3. The highest BCUT2D eigenvalue weighted by molar-refractivity contribution is 6.33. The molecule has 1 amide bonds. The van der Waals surface area contributed by atoms with Gasteiger partial charge in [-0.25, -0.2) is 4.79 Å². The summed E-state index contributed by atoms with van der Waals surface area (Å²) in [4.78, 5) is 26.0. The minimum Gasteiger partial charge on any atom is -0.465 e. The average molecular weight is 339 g/mol. The fourth-order valence-corrected chi connectivity index (χ4v) is 3.12. The number of nitrogens with zero attached hydrogens (tertiary/aromatic N) is 1. The van der Waals surface area contributed by atoms with E-state index in [9.17, 15) is 9.59 Å². The number of benzene rings is 1. The van der Waals surface area contributed by atoms with Gasteiger partial charge in [0, 0.05) is 12.6 Å². The highest BCUT2D eigenvalue weighted by atomic mass is 35.5. The number of carbonyl (C=O) groups is 2. The third kappa shape index (κ3) is 4.38. The zero-order valence-corrected chi connectivity index (χ0v) is 14.4. The van der Waals surface area contributed by atoms with Gasteiger partial charge in [-0.15, -0.1) is 0 Å². The number of amides is 1. The predicted molar refractivity (Wildman–Crippen MR) is 90.9 cm³/mol. The van der Waals surface area contributed by atoms with Crippen LogP contribution in [-0.2, 0) is 9.53 Å². The van der Waals surface area contributed by atoms with Crippen molar-refractivity contribution >= 4 is 29.2 Å². The van der Waals surface area contributed by atoms with Crippen LogP contribution in [0.1, 0.15) is 43.0 Å². The minimum atomic E-state index is -0.432. The fraction of sp³-hybridized carbons (Fsp3) is 0.529. The second-order valence-electron chi connectivity index (χ2n) is 5.68. The van der Waals surface area contributed by atoms with E-state index in [2.05, 4.69) is 12.2 Å². The molecule has 0 bridgehead atoms.